The van der Waals surface area contributed by atoms with Crippen LogP contribution in [0.1, 0.15) is 29.8 Å². The predicted octanol–water partition coefficient (Wildman–Crippen LogP) is 2.47. The average Bonchev–Trinajstić information content (AvgIpc) is 2.32. The van der Waals surface area contributed by atoms with E-state index >= 15 is 0 Å². The number of esters is 1. The van der Waals surface area contributed by atoms with Gasteiger partial charge in [-0.1, -0.05) is 26.0 Å². The summed E-state index contributed by atoms with van der Waals surface area (Å²) in [7, 11) is 1.32. The van der Waals surface area contributed by atoms with Gasteiger partial charge in [0.1, 0.15) is 0 Å². The van der Waals surface area contributed by atoms with Crippen LogP contribution in [0.2, 0.25) is 0 Å². The summed E-state index contributed by atoms with van der Waals surface area (Å²) in [5.41, 5.74) is 2.77. The van der Waals surface area contributed by atoms with Crippen molar-refractivity contribution < 1.29 is 14.0 Å². The van der Waals surface area contributed by atoms with Gasteiger partial charge in [0.05, 0.1) is 19.2 Å². The number of hydrogen-bond donors (Lipinski definition) is 1. The molecule has 1 aromatic rings. The van der Waals surface area contributed by atoms with Crippen LogP contribution in [0.15, 0.2) is 24.3 Å². The maximum Gasteiger partial charge on any atom is 0.337 e. The number of methoxy groups -OCH3 is 1. The van der Waals surface area contributed by atoms with Gasteiger partial charge in [-0.15, -0.1) is 4.48 Å². The number of ether oxygens (including phenoxy) is 1. The molecule has 0 unspecified atom stereocenters. The third kappa shape index (κ3) is 4.56. The van der Waals surface area contributed by atoms with Gasteiger partial charge in [-0.05, 0) is 17.7 Å². The van der Waals surface area contributed by atoms with Crippen LogP contribution in [0.4, 0.5) is 4.48 Å². The van der Waals surface area contributed by atoms with Gasteiger partial charge in [-0.2, -0.15) is 5.54 Å². The largest absolute Gasteiger partial charge is 0.465 e. The van der Waals surface area contributed by atoms with Crippen molar-refractivity contribution in [3.63, 3.8) is 0 Å². The SMILES string of the molecule is CC.COC(=O)c1ccc(CNF)cc1. The summed E-state index contributed by atoms with van der Waals surface area (Å²) >= 11 is 0. The van der Waals surface area contributed by atoms with E-state index < -0.39 is 0 Å². The first-order valence-corrected chi connectivity index (χ1v) is 4.78. The van der Waals surface area contributed by atoms with Crippen molar-refractivity contribution in [3.8, 4) is 0 Å². The lowest BCUT2D eigenvalue weighted by molar-refractivity contribution is 0.0600. The van der Waals surface area contributed by atoms with Crippen LogP contribution in [0.3, 0.4) is 0 Å². The van der Waals surface area contributed by atoms with Crippen LogP contribution in [-0.2, 0) is 11.3 Å². The van der Waals surface area contributed by atoms with E-state index in [0.29, 0.717) is 5.56 Å². The molecule has 0 amide bonds. The Morgan fingerprint density at radius 3 is 2.27 bits per heavy atom. The molecular weight excluding hydrogens is 197 g/mol. The molecule has 0 atom stereocenters. The third-order valence-corrected chi connectivity index (χ3v) is 1.65. The number of halogens is 1. The lowest BCUT2D eigenvalue weighted by atomic mass is 10.1. The normalized spacial score (nSPS) is 8.80. The quantitative estimate of drug-likeness (QED) is 0.619. The predicted molar refractivity (Wildman–Crippen MR) is 57.1 cm³/mol. The van der Waals surface area contributed by atoms with Crippen molar-refractivity contribution in [2.45, 2.75) is 20.4 Å². The Labute approximate surface area is 89.2 Å². The molecule has 0 spiro atoms. The molecule has 0 heterocycles. The van der Waals surface area contributed by atoms with Gasteiger partial charge in [0.25, 0.3) is 0 Å². The van der Waals surface area contributed by atoms with E-state index in [1.54, 1.807) is 24.3 Å². The monoisotopic (exact) mass is 213 g/mol. The molecule has 0 aliphatic heterocycles. The number of rotatable bonds is 3. The van der Waals surface area contributed by atoms with Gasteiger partial charge in [0.15, 0.2) is 0 Å². The molecule has 0 saturated carbocycles. The lowest BCUT2D eigenvalue weighted by Gasteiger charge is -2.00. The van der Waals surface area contributed by atoms with E-state index in [-0.39, 0.29) is 12.5 Å². The Bertz CT molecular complexity index is 285. The maximum absolute atomic E-state index is 11.7. The molecule has 0 radical (unpaired) electrons. The Morgan fingerprint density at radius 1 is 1.33 bits per heavy atom. The average molecular weight is 213 g/mol. The molecule has 4 heteroatoms. The molecule has 0 saturated heterocycles. The lowest BCUT2D eigenvalue weighted by Crippen LogP contribution is -2.03. The van der Waals surface area contributed by atoms with Crippen LogP contribution < -0.4 is 5.54 Å². The van der Waals surface area contributed by atoms with Crippen molar-refractivity contribution in [2.75, 3.05) is 7.11 Å². The van der Waals surface area contributed by atoms with Gasteiger partial charge >= 0.3 is 5.97 Å². The molecule has 15 heavy (non-hydrogen) atoms. The first kappa shape index (κ1) is 13.6. The molecule has 0 aliphatic carbocycles. The molecule has 1 N–H and O–H groups in total. The van der Waals surface area contributed by atoms with Crippen LogP contribution >= 0.6 is 0 Å². The fraction of sp³-hybridized carbons (Fsp3) is 0.364. The Kier molecular flexibility index (Phi) is 7.18. The van der Waals surface area contributed by atoms with Crippen molar-refractivity contribution in [1.29, 1.82) is 0 Å². The summed E-state index contributed by atoms with van der Waals surface area (Å²) in [5.74, 6) is -0.389. The summed E-state index contributed by atoms with van der Waals surface area (Å²) < 4.78 is 16.2. The van der Waals surface area contributed by atoms with Crippen molar-refractivity contribution >= 4 is 5.97 Å². The maximum atomic E-state index is 11.7. The minimum atomic E-state index is -0.389. The van der Waals surface area contributed by atoms with Crippen molar-refractivity contribution in [1.82, 2.24) is 5.54 Å². The summed E-state index contributed by atoms with van der Waals surface area (Å²) in [5, 5.41) is 0. The van der Waals surface area contributed by atoms with Gasteiger partial charge in [0, 0.05) is 0 Å². The highest BCUT2D eigenvalue weighted by molar-refractivity contribution is 5.89. The number of nitrogens with one attached hydrogen (secondary N) is 1. The molecule has 0 aromatic heterocycles. The summed E-state index contributed by atoms with van der Waals surface area (Å²) in [4.78, 5) is 11.0. The Balaban J connectivity index is 0.000000921. The summed E-state index contributed by atoms with van der Waals surface area (Å²) in [6.07, 6.45) is 0. The van der Waals surface area contributed by atoms with E-state index in [1.807, 2.05) is 13.8 Å². The second kappa shape index (κ2) is 7.94. The van der Waals surface area contributed by atoms with Crippen LogP contribution in [-0.4, -0.2) is 13.1 Å². The van der Waals surface area contributed by atoms with E-state index in [0.717, 1.165) is 5.56 Å². The molecule has 3 nitrogen and oxygen atoms in total. The second-order valence-corrected chi connectivity index (χ2v) is 2.50. The molecule has 0 fully saturated rings. The van der Waals surface area contributed by atoms with Gasteiger partial charge in [0.2, 0.25) is 0 Å². The zero-order valence-electron chi connectivity index (χ0n) is 9.21. The van der Waals surface area contributed by atoms with Crippen LogP contribution in [0, 0.1) is 0 Å². The van der Waals surface area contributed by atoms with Gasteiger partial charge in [-0.3, -0.25) is 0 Å². The highest BCUT2D eigenvalue weighted by Crippen LogP contribution is 2.05. The highest BCUT2D eigenvalue weighted by atomic mass is 19.2. The third-order valence-electron chi connectivity index (χ3n) is 1.65. The number of hydrogen-bond acceptors (Lipinski definition) is 3. The second-order valence-electron chi connectivity index (χ2n) is 2.50. The van der Waals surface area contributed by atoms with Crippen LogP contribution in [0.5, 0.6) is 0 Å². The van der Waals surface area contributed by atoms with Crippen LogP contribution in [0.25, 0.3) is 0 Å². The van der Waals surface area contributed by atoms with Gasteiger partial charge in [-0.25, -0.2) is 4.79 Å². The zero-order chi connectivity index (χ0) is 11.7. The molecule has 84 valence electrons. The fourth-order valence-corrected chi connectivity index (χ4v) is 0.954. The fourth-order valence-electron chi connectivity index (χ4n) is 0.954. The number of carbonyl (C=O) groups excluding carboxylic acids is 1. The van der Waals surface area contributed by atoms with Crippen molar-refractivity contribution in [3.05, 3.63) is 35.4 Å². The first-order chi connectivity index (χ1) is 7.27. The zero-order valence-corrected chi connectivity index (χ0v) is 9.21. The smallest absolute Gasteiger partial charge is 0.337 e. The van der Waals surface area contributed by atoms with E-state index in [4.69, 9.17) is 0 Å². The van der Waals surface area contributed by atoms with E-state index in [1.165, 1.54) is 12.6 Å². The minimum absolute atomic E-state index is 0.140. The topological polar surface area (TPSA) is 38.3 Å². The first-order valence-electron chi connectivity index (χ1n) is 4.78. The number of benzene rings is 1. The number of carbonyl (C=O) groups is 1. The molecule has 1 rings (SSSR count). The Hall–Kier alpha value is -1.42. The van der Waals surface area contributed by atoms with E-state index in [2.05, 4.69) is 4.74 Å². The summed E-state index contributed by atoms with van der Waals surface area (Å²) in [6, 6.07) is 6.52. The van der Waals surface area contributed by atoms with Crippen molar-refractivity contribution in [2.24, 2.45) is 0 Å². The Morgan fingerprint density at radius 2 is 1.87 bits per heavy atom. The molecule has 1 aromatic carbocycles. The minimum Gasteiger partial charge on any atom is -0.465 e. The standard InChI is InChI=1S/C9H10FNO2.C2H6/c1-13-9(12)8-4-2-7(3-5-8)6-11-10;1-2/h2-5,11H,6H2,1H3;1-2H3. The van der Waals surface area contributed by atoms with E-state index in [9.17, 15) is 9.28 Å². The molecule has 0 bridgehead atoms. The molecule has 0 aliphatic rings. The highest BCUT2D eigenvalue weighted by Gasteiger charge is 2.03. The van der Waals surface area contributed by atoms with Gasteiger partial charge < -0.3 is 4.74 Å². The summed E-state index contributed by atoms with van der Waals surface area (Å²) in [6.45, 7) is 4.14. The molecular formula is C11H16FNO2.